The second-order valence-electron chi connectivity index (χ2n) is 7.98. The summed E-state index contributed by atoms with van der Waals surface area (Å²) in [6.45, 7) is 7.41. The Morgan fingerprint density at radius 1 is 1.13 bits per heavy atom. The number of rotatable bonds is 6. The van der Waals surface area contributed by atoms with Crippen molar-refractivity contribution < 1.29 is 13.2 Å². The average molecular weight is 459 g/mol. The van der Waals surface area contributed by atoms with Gasteiger partial charge in [-0.15, -0.1) is 11.3 Å². The molecule has 1 aromatic carbocycles. The molecule has 1 fully saturated rings. The minimum Gasteiger partial charge on any atom is -0.341 e. The summed E-state index contributed by atoms with van der Waals surface area (Å²) < 4.78 is 30.6. The normalized spacial score (nSPS) is 14.2. The van der Waals surface area contributed by atoms with Crippen LogP contribution in [0.15, 0.2) is 40.7 Å². The molecule has 7 nitrogen and oxygen atoms in total. The summed E-state index contributed by atoms with van der Waals surface area (Å²) in [7, 11) is -3.82. The second-order valence-corrected chi connectivity index (χ2v) is 10.5. The number of amides is 1. The Kier molecular flexibility index (Phi) is 5.90. The van der Waals surface area contributed by atoms with Gasteiger partial charge in [0.1, 0.15) is 16.4 Å². The predicted molar refractivity (Wildman–Crippen MR) is 123 cm³/mol. The first-order valence-corrected chi connectivity index (χ1v) is 12.6. The molecule has 0 saturated carbocycles. The monoisotopic (exact) mass is 458 g/mol. The molecule has 0 atom stereocenters. The van der Waals surface area contributed by atoms with Crippen LogP contribution < -0.4 is 4.72 Å². The van der Waals surface area contributed by atoms with Gasteiger partial charge in [0.25, 0.3) is 10.0 Å². The van der Waals surface area contributed by atoms with Gasteiger partial charge in [0.05, 0.1) is 5.69 Å². The Hall–Kier alpha value is -2.65. The maximum Gasteiger partial charge on any atom is 0.263 e. The van der Waals surface area contributed by atoms with Crippen molar-refractivity contribution in [1.82, 2.24) is 14.5 Å². The number of hydrogen-bond acceptors (Lipinski definition) is 5. The number of thiazole rings is 1. The van der Waals surface area contributed by atoms with Crippen LogP contribution >= 0.6 is 11.3 Å². The van der Waals surface area contributed by atoms with Crippen LogP contribution in [0.3, 0.4) is 0 Å². The van der Waals surface area contributed by atoms with E-state index in [0.717, 1.165) is 42.8 Å². The van der Waals surface area contributed by atoms with Crippen molar-refractivity contribution in [1.29, 1.82) is 0 Å². The molecule has 1 saturated heterocycles. The molecule has 0 bridgehead atoms. The maximum absolute atomic E-state index is 13.1. The predicted octanol–water partition coefficient (Wildman–Crippen LogP) is 3.96. The van der Waals surface area contributed by atoms with E-state index in [4.69, 9.17) is 0 Å². The Labute approximate surface area is 186 Å². The lowest BCUT2D eigenvalue weighted by atomic mass is 10.1. The zero-order valence-electron chi connectivity index (χ0n) is 17.9. The summed E-state index contributed by atoms with van der Waals surface area (Å²) in [6.07, 6.45) is 3.55. The highest BCUT2D eigenvalue weighted by Gasteiger charge is 2.24. The van der Waals surface area contributed by atoms with Gasteiger partial charge < -0.3 is 9.47 Å². The van der Waals surface area contributed by atoms with Gasteiger partial charge in [-0.2, -0.15) is 0 Å². The lowest BCUT2D eigenvalue weighted by Crippen LogP contribution is -2.31. The average Bonchev–Trinajstić information content (AvgIpc) is 3.45. The molecular weight excluding hydrogens is 432 g/mol. The number of nitrogens with one attached hydrogen (secondary N) is 1. The number of hydrogen-bond donors (Lipinski definition) is 1. The molecule has 1 amide bonds. The molecular formula is C22H26N4O3S2. The van der Waals surface area contributed by atoms with Gasteiger partial charge in [-0.05, 0) is 62.9 Å². The molecule has 1 N–H and O–H groups in total. The number of likely N-dealkylation sites (tertiary alicyclic amines) is 1. The minimum absolute atomic E-state index is 0.00584. The molecule has 1 aliphatic rings. The zero-order valence-corrected chi connectivity index (χ0v) is 19.5. The van der Waals surface area contributed by atoms with Crippen LogP contribution in [0.4, 0.5) is 5.69 Å². The van der Waals surface area contributed by atoms with E-state index in [1.807, 2.05) is 43.2 Å². The third-order valence-corrected chi connectivity index (χ3v) is 7.87. The molecule has 3 heterocycles. The highest BCUT2D eigenvalue weighted by atomic mass is 32.2. The smallest absolute Gasteiger partial charge is 0.263 e. The van der Waals surface area contributed by atoms with Crippen LogP contribution in [0.2, 0.25) is 0 Å². The molecule has 3 aromatic rings. The standard InChI is InChI=1S/C22H26N4O3S2/c1-15-6-7-18(10-16(15)2)24-31(28,29)19-11-20(22-23-17(3)14-30-22)26(12-19)13-21(27)25-8-4-5-9-25/h6-7,10-12,14,24H,4-5,8-9,13H2,1-3H3. The minimum atomic E-state index is -3.82. The molecule has 1 aliphatic heterocycles. The lowest BCUT2D eigenvalue weighted by Gasteiger charge is -2.16. The number of benzene rings is 1. The van der Waals surface area contributed by atoms with E-state index >= 15 is 0 Å². The number of sulfonamides is 1. The highest BCUT2D eigenvalue weighted by Crippen LogP contribution is 2.29. The van der Waals surface area contributed by atoms with E-state index in [-0.39, 0.29) is 17.3 Å². The number of aryl methyl sites for hydroxylation is 3. The van der Waals surface area contributed by atoms with E-state index in [9.17, 15) is 13.2 Å². The topological polar surface area (TPSA) is 84.3 Å². The van der Waals surface area contributed by atoms with Crippen LogP contribution in [0.25, 0.3) is 10.7 Å². The fourth-order valence-corrected chi connectivity index (χ4v) is 5.56. The Balaban J connectivity index is 1.67. The largest absolute Gasteiger partial charge is 0.341 e. The highest BCUT2D eigenvalue weighted by molar-refractivity contribution is 7.92. The third kappa shape index (κ3) is 4.67. The Morgan fingerprint density at radius 2 is 1.87 bits per heavy atom. The van der Waals surface area contributed by atoms with Crippen LogP contribution in [-0.2, 0) is 21.4 Å². The molecule has 0 aliphatic carbocycles. The molecule has 0 spiro atoms. The van der Waals surface area contributed by atoms with E-state index in [1.54, 1.807) is 16.7 Å². The number of carbonyl (C=O) groups is 1. The molecule has 4 rings (SSSR count). The first kappa shape index (κ1) is 21.6. The van der Waals surface area contributed by atoms with Crippen molar-refractivity contribution in [2.24, 2.45) is 0 Å². The Bertz CT molecular complexity index is 1220. The summed E-state index contributed by atoms with van der Waals surface area (Å²) >= 11 is 1.44. The van der Waals surface area contributed by atoms with Gasteiger partial charge in [-0.25, -0.2) is 13.4 Å². The number of aromatic nitrogens is 2. The van der Waals surface area contributed by atoms with Crippen LogP contribution in [0.1, 0.15) is 29.7 Å². The van der Waals surface area contributed by atoms with Crippen molar-refractivity contribution in [3.05, 3.63) is 52.7 Å². The van der Waals surface area contributed by atoms with Crippen molar-refractivity contribution in [3.63, 3.8) is 0 Å². The zero-order chi connectivity index (χ0) is 22.2. The summed E-state index contributed by atoms with van der Waals surface area (Å²) in [4.78, 5) is 19.2. The summed E-state index contributed by atoms with van der Waals surface area (Å²) in [6, 6.07) is 7.04. The van der Waals surface area contributed by atoms with Crippen molar-refractivity contribution in [2.45, 2.75) is 45.1 Å². The SMILES string of the molecule is Cc1csc(-c2cc(S(=O)(=O)Nc3ccc(C)c(C)c3)cn2CC(=O)N2CCCC2)n1. The van der Waals surface area contributed by atoms with Gasteiger partial charge in [0, 0.05) is 36.0 Å². The van der Waals surface area contributed by atoms with Crippen molar-refractivity contribution >= 4 is 33.0 Å². The van der Waals surface area contributed by atoms with E-state index in [2.05, 4.69) is 9.71 Å². The maximum atomic E-state index is 13.1. The van der Waals surface area contributed by atoms with E-state index in [1.165, 1.54) is 17.5 Å². The molecule has 9 heteroatoms. The first-order valence-electron chi connectivity index (χ1n) is 10.2. The third-order valence-electron chi connectivity index (χ3n) is 5.54. The van der Waals surface area contributed by atoms with E-state index < -0.39 is 10.0 Å². The van der Waals surface area contributed by atoms with E-state index in [0.29, 0.717) is 16.4 Å². The van der Waals surface area contributed by atoms with Gasteiger partial charge in [0.15, 0.2) is 0 Å². The summed E-state index contributed by atoms with van der Waals surface area (Å²) in [5.74, 6) is -0.00584. The lowest BCUT2D eigenvalue weighted by molar-refractivity contribution is -0.130. The van der Waals surface area contributed by atoms with Gasteiger partial charge in [-0.1, -0.05) is 6.07 Å². The molecule has 31 heavy (non-hydrogen) atoms. The fourth-order valence-electron chi connectivity index (χ4n) is 3.64. The molecule has 2 aromatic heterocycles. The summed E-state index contributed by atoms with van der Waals surface area (Å²) in [5.41, 5.74) is 4.10. The Morgan fingerprint density at radius 3 is 2.52 bits per heavy atom. The summed E-state index contributed by atoms with van der Waals surface area (Å²) in [5, 5.41) is 2.61. The van der Waals surface area contributed by atoms with Crippen molar-refractivity contribution in [3.8, 4) is 10.7 Å². The van der Waals surface area contributed by atoms with Crippen LogP contribution in [0.5, 0.6) is 0 Å². The van der Waals surface area contributed by atoms with Crippen LogP contribution in [-0.4, -0.2) is 41.9 Å². The second kappa shape index (κ2) is 8.47. The number of carbonyl (C=O) groups excluding carboxylic acids is 1. The van der Waals surface area contributed by atoms with Gasteiger partial charge in [0.2, 0.25) is 5.91 Å². The van der Waals surface area contributed by atoms with Crippen LogP contribution in [0, 0.1) is 20.8 Å². The molecule has 0 unspecified atom stereocenters. The first-order chi connectivity index (χ1) is 14.7. The van der Waals surface area contributed by atoms with Gasteiger partial charge >= 0.3 is 0 Å². The number of anilines is 1. The number of nitrogens with zero attached hydrogens (tertiary/aromatic N) is 3. The quantitative estimate of drug-likeness (QED) is 0.606. The molecule has 0 radical (unpaired) electrons. The molecule has 164 valence electrons. The fraction of sp³-hybridized carbons (Fsp3) is 0.364. The van der Waals surface area contributed by atoms with Crippen molar-refractivity contribution in [2.75, 3.05) is 17.8 Å². The van der Waals surface area contributed by atoms with Gasteiger partial charge in [-0.3, -0.25) is 9.52 Å².